The smallest absolute Gasteiger partial charge is 0.337 e. The van der Waals surface area contributed by atoms with Crippen LogP contribution in [-0.4, -0.2) is 86.9 Å². The van der Waals surface area contributed by atoms with Gasteiger partial charge in [0.25, 0.3) is 0 Å². The summed E-state index contributed by atoms with van der Waals surface area (Å²) in [7, 11) is 1.35. The molecule has 1 aromatic heterocycles. The van der Waals surface area contributed by atoms with Crippen LogP contribution in [0.1, 0.15) is 15.9 Å². The SMILES string of the molecule is COC(=O)c1ccc(/C=N/Nc2nc(N3CCOCC3)nc(N3CCOCC3)n2)cc1. The second-order valence-electron chi connectivity index (χ2n) is 6.94. The summed E-state index contributed by atoms with van der Waals surface area (Å²) in [6.45, 7) is 5.46. The molecule has 2 fully saturated rings. The van der Waals surface area contributed by atoms with E-state index in [1.54, 1.807) is 30.5 Å². The van der Waals surface area contributed by atoms with Crippen molar-refractivity contribution in [2.24, 2.45) is 5.10 Å². The van der Waals surface area contributed by atoms with Crippen LogP contribution < -0.4 is 15.2 Å². The van der Waals surface area contributed by atoms with Gasteiger partial charge in [-0.15, -0.1) is 0 Å². The molecule has 1 aromatic carbocycles. The molecule has 11 heteroatoms. The van der Waals surface area contributed by atoms with Crippen molar-refractivity contribution >= 4 is 30.0 Å². The minimum absolute atomic E-state index is 0.361. The van der Waals surface area contributed by atoms with Crippen LogP contribution in [0, 0.1) is 0 Å². The average molecular weight is 427 g/mol. The first-order valence-electron chi connectivity index (χ1n) is 10.1. The molecule has 4 rings (SSSR count). The lowest BCUT2D eigenvalue weighted by Gasteiger charge is -2.30. The Hall–Kier alpha value is -3.31. The number of esters is 1. The number of carbonyl (C=O) groups is 1. The van der Waals surface area contributed by atoms with Crippen LogP contribution in [0.5, 0.6) is 0 Å². The topological polar surface area (TPSA) is 114 Å². The zero-order valence-corrected chi connectivity index (χ0v) is 17.4. The Kier molecular flexibility index (Phi) is 6.85. The molecule has 0 saturated carbocycles. The molecule has 0 amide bonds. The Morgan fingerprint density at radius 3 is 2.03 bits per heavy atom. The van der Waals surface area contributed by atoms with E-state index in [0.29, 0.717) is 49.8 Å². The van der Waals surface area contributed by atoms with E-state index >= 15 is 0 Å². The molecule has 31 heavy (non-hydrogen) atoms. The van der Waals surface area contributed by atoms with Gasteiger partial charge in [0.05, 0.1) is 45.3 Å². The number of anilines is 3. The summed E-state index contributed by atoms with van der Waals surface area (Å²) in [5.41, 5.74) is 4.20. The van der Waals surface area contributed by atoms with Gasteiger partial charge < -0.3 is 24.0 Å². The third-order valence-corrected chi connectivity index (χ3v) is 4.91. The number of hydrazone groups is 1. The van der Waals surface area contributed by atoms with E-state index in [2.05, 4.69) is 35.3 Å². The van der Waals surface area contributed by atoms with Crippen LogP contribution in [0.3, 0.4) is 0 Å². The molecule has 0 spiro atoms. The maximum absolute atomic E-state index is 11.5. The van der Waals surface area contributed by atoms with Gasteiger partial charge in [0, 0.05) is 26.2 Å². The van der Waals surface area contributed by atoms with Gasteiger partial charge in [-0.25, -0.2) is 10.2 Å². The fourth-order valence-corrected chi connectivity index (χ4v) is 3.20. The number of ether oxygens (including phenoxy) is 3. The van der Waals surface area contributed by atoms with Gasteiger partial charge in [-0.1, -0.05) is 12.1 Å². The average Bonchev–Trinajstić information content (AvgIpc) is 2.85. The fourth-order valence-electron chi connectivity index (χ4n) is 3.20. The highest BCUT2D eigenvalue weighted by Crippen LogP contribution is 2.18. The molecule has 11 nitrogen and oxygen atoms in total. The van der Waals surface area contributed by atoms with E-state index in [1.807, 2.05) is 0 Å². The summed E-state index contributed by atoms with van der Waals surface area (Å²) < 4.78 is 15.6. The van der Waals surface area contributed by atoms with E-state index in [9.17, 15) is 4.79 Å². The van der Waals surface area contributed by atoms with Crippen LogP contribution in [0.15, 0.2) is 29.4 Å². The van der Waals surface area contributed by atoms with Crippen LogP contribution in [0.2, 0.25) is 0 Å². The number of hydrogen-bond donors (Lipinski definition) is 1. The summed E-state index contributed by atoms with van der Waals surface area (Å²) in [6.07, 6.45) is 1.63. The quantitative estimate of drug-likeness (QED) is 0.403. The van der Waals surface area contributed by atoms with Crippen LogP contribution in [-0.2, 0) is 14.2 Å². The molecule has 164 valence electrons. The van der Waals surface area contributed by atoms with E-state index in [4.69, 9.17) is 14.2 Å². The van der Waals surface area contributed by atoms with Crippen molar-refractivity contribution in [3.8, 4) is 0 Å². The Balaban J connectivity index is 1.50. The molecule has 0 atom stereocenters. The van der Waals surface area contributed by atoms with Crippen molar-refractivity contribution in [1.82, 2.24) is 15.0 Å². The molecule has 2 aliphatic rings. The van der Waals surface area contributed by atoms with E-state index in [1.165, 1.54) is 7.11 Å². The zero-order chi connectivity index (χ0) is 21.5. The standard InChI is InChI=1S/C20H25N7O4/c1-29-17(28)16-4-2-15(3-5-16)14-21-25-18-22-19(26-6-10-30-11-7-26)24-20(23-18)27-8-12-31-13-9-27/h2-5,14H,6-13H2,1H3,(H,22,23,24,25)/b21-14+. The maximum Gasteiger partial charge on any atom is 0.337 e. The Bertz CT molecular complexity index is 874. The molecule has 2 aliphatic heterocycles. The summed E-state index contributed by atoms with van der Waals surface area (Å²) in [5, 5.41) is 4.25. The number of hydrogen-bond acceptors (Lipinski definition) is 11. The summed E-state index contributed by atoms with van der Waals surface area (Å²) in [4.78, 5) is 29.4. The molecule has 2 aromatic rings. The van der Waals surface area contributed by atoms with Gasteiger partial charge in [0.15, 0.2) is 0 Å². The largest absolute Gasteiger partial charge is 0.465 e. The van der Waals surface area contributed by atoms with E-state index in [0.717, 1.165) is 31.7 Å². The predicted octanol–water partition coefficient (Wildman–Crippen LogP) is 0.777. The summed E-state index contributed by atoms with van der Waals surface area (Å²) >= 11 is 0. The van der Waals surface area contributed by atoms with Crippen molar-refractivity contribution in [2.75, 3.05) is 74.9 Å². The molecule has 1 N–H and O–H groups in total. The van der Waals surface area contributed by atoms with Gasteiger partial charge >= 0.3 is 5.97 Å². The number of carbonyl (C=O) groups excluding carboxylic acids is 1. The normalized spacial score (nSPS) is 17.1. The number of methoxy groups -OCH3 is 1. The number of rotatable bonds is 6. The van der Waals surface area contributed by atoms with Crippen LogP contribution in [0.4, 0.5) is 17.8 Å². The van der Waals surface area contributed by atoms with E-state index < -0.39 is 0 Å². The number of benzene rings is 1. The van der Waals surface area contributed by atoms with Crippen molar-refractivity contribution < 1.29 is 19.0 Å². The maximum atomic E-state index is 11.5. The highest BCUT2D eigenvalue weighted by Gasteiger charge is 2.20. The molecule has 0 aliphatic carbocycles. The number of morpholine rings is 2. The third-order valence-electron chi connectivity index (χ3n) is 4.91. The van der Waals surface area contributed by atoms with Crippen LogP contribution >= 0.6 is 0 Å². The van der Waals surface area contributed by atoms with Gasteiger partial charge in [0.2, 0.25) is 17.8 Å². The fraction of sp³-hybridized carbons (Fsp3) is 0.450. The lowest BCUT2D eigenvalue weighted by Crippen LogP contribution is -2.40. The number of nitrogens with zero attached hydrogens (tertiary/aromatic N) is 6. The molecule has 3 heterocycles. The minimum Gasteiger partial charge on any atom is -0.465 e. The lowest BCUT2D eigenvalue weighted by atomic mass is 10.1. The predicted molar refractivity (Wildman–Crippen MR) is 115 cm³/mol. The third kappa shape index (κ3) is 5.44. The molecule has 2 saturated heterocycles. The second kappa shape index (κ2) is 10.1. The van der Waals surface area contributed by atoms with Gasteiger partial charge in [-0.05, 0) is 17.7 Å². The second-order valence-corrected chi connectivity index (χ2v) is 6.94. The lowest BCUT2D eigenvalue weighted by molar-refractivity contribution is 0.0600. The summed E-state index contributed by atoms with van der Waals surface area (Å²) in [6, 6.07) is 6.93. The first-order chi connectivity index (χ1) is 15.2. The Morgan fingerprint density at radius 1 is 0.968 bits per heavy atom. The van der Waals surface area contributed by atoms with Gasteiger partial charge in [-0.3, -0.25) is 0 Å². The molecule has 0 unspecified atom stereocenters. The first-order valence-corrected chi connectivity index (χ1v) is 10.1. The highest BCUT2D eigenvalue weighted by molar-refractivity contribution is 5.90. The zero-order valence-electron chi connectivity index (χ0n) is 17.4. The molecule has 0 radical (unpaired) electrons. The number of aromatic nitrogens is 3. The molecular weight excluding hydrogens is 402 g/mol. The Morgan fingerprint density at radius 2 is 1.52 bits per heavy atom. The van der Waals surface area contributed by atoms with Crippen molar-refractivity contribution in [1.29, 1.82) is 0 Å². The highest BCUT2D eigenvalue weighted by atomic mass is 16.5. The van der Waals surface area contributed by atoms with Crippen molar-refractivity contribution in [3.63, 3.8) is 0 Å². The van der Waals surface area contributed by atoms with Crippen LogP contribution in [0.25, 0.3) is 0 Å². The Labute approximate surface area is 180 Å². The van der Waals surface area contributed by atoms with Gasteiger partial charge in [-0.2, -0.15) is 20.1 Å². The minimum atomic E-state index is -0.377. The van der Waals surface area contributed by atoms with Gasteiger partial charge in [0.1, 0.15) is 0 Å². The molecule has 0 bridgehead atoms. The van der Waals surface area contributed by atoms with Crippen molar-refractivity contribution in [3.05, 3.63) is 35.4 Å². The molecular formula is C20H25N7O4. The van der Waals surface area contributed by atoms with E-state index in [-0.39, 0.29) is 5.97 Å². The van der Waals surface area contributed by atoms with Crippen molar-refractivity contribution in [2.45, 2.75) is 0 Å². The summed E-state index contributed by atoms with van der Waals surface area (Å²) in [5.74, 6) is 1.18. The number of nitrogens with one attached hydrogen (secondary N) is 1. The monoisotopic (exact) mass is 427 g/mol. The first kappa shape index (κ1) is 20.9.